The van der Waals surface area contributed by atoms with Crippen molar-refractivity contribution < 1.29 is 14.7 Å². The van der Waals surface area contributed by atoms with Gasteiger partial charge < -0.3 is 15.7 Å². The number of nitrogens with one attached hydrogen (secondary N) is 2. The molecule has 20 heavy (non-hydrogen) atoms. The third kappa shape index (κ3) is 9.95. The summed E-state index contributed by atoms with van der Waals surface area (Å²) in [4.78, 5) is 22.9. The predicted octanol–water partition coefficient (Wildman–Crippen LogP) is 2.56. The summed E-state index contributed by atoms with van der Waals surface area (Å²) in [6.45, 7) is 8.09. The van der Waals surface area contributed by atoms with Crippen LogP contribution in [0, 0.1) is 11.3 Å². The SMILES string of the molecule is CSCCC(C)NC(=O)NCC(CC(C)(C)C)C(=O)O. The van der Waals surface area contributed by atoms with Gasteiger partial charge in [-0.05, 0) is 37.2 Å². The molecule has 5 nitrogen and oxygen atoms in total. The lowest BCUT2D eigenvalue weighted by molar-refractivity contribution is -0.142. The Morgan fingerprint density at radius 3 is 2.35 bits per heavy atom. The minimum Gasteiger partial charge on any atom is -0.481 e. The van der Waals surface area contributed by atoms with Crippen molar-refractivity contribution in [3.63, 3.8) is 0 Å². The van der Waals surface area contributed by atoms with Crippen LogP contribution in [-0.2, 0) is 4.79 Å². The minimum atomic E-state index is -0.865. The van der Waals surface area contributed by atoms with E-state index in [1.54, 1.807) is 11.8 Å². The number of rotatable bonds is 8. The van der Waals surface area contributed by atoms with Crippen molar-refractivity contribution in [1.82, 2.24) is 10.6 Å². The maximum absolute atomic E-state index is 11.7. The average Bonchev–Trinajstić information content (AvgIpc) is 2.30. The lowest BCUT2D eigenvalue weighted by Crippen LogP contribution is -2.44. The molecular weight excluding hydrogens is 276 g/mol. The molecule has 0 bridgehead atoms. The molecule has 0 fully saturated rings. The zero-order chi connectivity index (χ0) is 15.8. The Morgan fingerprint density at radius 2 is 1.90 bits per heavy atom. The second kappa shape index (κ2) is 9.10. The number of hydrogen-bond acceptors (Lipinski definition) is 3. The van der Waals surface area contributed by atoms with Crippen molar-refractivity contribution >= 4 is 23.8 Å². The van der Waals surface area contributed by atoms with Crippen LogP contribution in [-0.4, -0.2) is 41.7 Å². The van der Waals surface area contributed by atoms with E-state index in [0.717, 1.165) is 12.2 Å². The number of carbonyl (C=O) groups is 2. The predicted molar refractivity (Wildman–Crippen MR) is 84.2 cm³/mol. The normalized spacial score (nSPS) is 14.4. The lowest BCUT2D eigenvalue weighted by Gasteiger charge is -2.23. The molecule has 0 radical (unpaired) electrons. The van der Waals surface area contributed by atoms with Crippen LogP contribution < -0.4 is 10.6 Å². The van der Waals surface area contributed by atoms with E-state index in [0.29, 0.717) is 6.42 Å². The highest BCUT2D eigenvalue weighted by Crippen LogP contribution is 2.24. The van der Waals surface area contributed by atoms with Gasteiger partial charge in [0.15, 0.2) is 0 Å². The van der Waals surface area contributed by atoms with Crippen molar-refractivity contribution in [3.8, 4) is 0 Å². The second-order valence-electron chi connectivity index (χ2n) is 6.34. The molecule has 0 aliphatic rings. The highest BCUT2D eigenvalue weighted by Gasteiger charge is 2.25. The summed E-state index contributed by atoms with van der Waals surface area (Å²) in [5.41, 5.74) is -0.0765. The van der Waals surface area contributed by atoms with E-state index in [9.17, 15) is 14.7 Å². The molecule has 0 saturated heterocycles. The summed E-state index contributed by atoms with van der Waals surface area (Å²) in [7, 11) is 0. The smallest absolute Gasteiger partial charge is 0.315 e. The van der Waals surface area contributed by atoms with Gasteiger partial charge in [0.25, 0.3) is 0 Å². The van der Waals surface area contributed by atoms with Crippen LogP contribution in [0.1, 0.15) is 40.5 Å². The van der Waals surface area contributed by atoms with Crippen LogP contribution in [0.2, 0.25) is 0 Å². The number of carboxylic acids is 1. The van der Waals surface area contributed by atoms with Crippen LogP contribution in [0.4, 0.5) is 4.79 Å². The van der Waals surface area contributed by atoms with Gasteiger partial charge >= 0.3 is 12.0 Å². The number of hydrogen-bond donors (Lipinski definition) is 3. The molecule has 0 aromatic rings. The van der Waals surface area contributed by atoms with Gasteiger partial charge in [0.05, 0.1) is 5.92 Å². The van der Waals surface area contributed by atoms with E-state index in [1.807, 2.05) is 34.0 Å². The van der Waals surface area contributed by atoms with Crippen molar-refractivity contribution in [1.29, 1.82) is 0 Å². The molecular formula is C14H28N2O3S. The summed E-state index contributed by atoms with van der Waals surface area (Å²) in [5.74, 6) is -0.429. The molecule has 2 unspecified atom stereocenters. The summed E-state index contributed by atoms with van der Waals surface area (Å²) in [5, 5.41) is 14.6. The Bertz CT molecular complexity index is 316. The van der Waals surface area contributed by atoms with Gasteiger partial charge in [-0.1, -0.05) is 20.8 Å². The van der Waals surface area contributed by atoms with Crippen LogP contribution >= 0.6 is 11.8 Å². The van der Waals surface area contributed by atoms with Gasteiger partial charge in [0.2, 0.25) is 0 Å². The molecule has 2 atom stereocenters. The summed E-state index contributed by atoms with van der Waals surface area (Å²) >= 11 is 1.74. The number of carbonyl (C=O) groups excluding carboxylic acids is 1. The molecule has 0 heterocycles. The fourth-order valence-corrected chi connectivity index (χ4v) is 2.43. The first-order chi connectivity index (χ1) is 9.15. The third-order valence-electron chi connectivity index (χ3n) is 2.85. The number of carboxylic acid groups (broad SMARTS) is 1. The fourth-order valence-electron chi connectivity index (χ4n) is 1.84. The van der Waals surface area contributed by atoms with Gasteiger partial charge in [-0.3, -0.25) is 4.79 Å². The van der Waals surface area contributed by atoms with E-state index in [1.165, 1.54) is 0 Å². The molecule has 0 rings (SSSR count). The zero-order valence-electron chi connectivity index (χ0n) is 13.2. The van der Waals surface area contributed by atoms with Crippen LogP contribution in [0.25, 0.3) is 0 Å². The molecule has 0 aliphatic heterocycles. The summed E-state index contributed by atoms with van der Waals surface area (Å²) < 4.78 is 0. The van der Waals surface area contributed by atoms with Crippen LogP contribution in [0.5, 0.6) is 0 Å². The second-order valence-corrected chi connectivity index (χ2v) is 7.32. The Labute approximate surface area is 126 Å². The van der Waals surface area contributed by atoms with Gasteiger partial charge in [0.1, 0.15) is 0 Å². The van der Waals surface area contributed by atoms with E-state index in [4.69, 9.17) is 0 Å². The zero-order valence-corrected chi connectivity index (χ0v) is 14.0. The fraction of sp³-hybridized carbons (Fsp3) is 0.857. The first kappa shape index (κ1) is 19.1. The Morgan fingerprint density at radius 1 is 1.30 bits per heavy atom. The summed E-state index contributed by atoms with van der Waals surface area (Å²) in [6.07, 6.45) is 3.46. The maximum Gasteiger partial charge on any atom is 0.315 e. The molecule has 3 N–H and O–H groups in total. The Balaban J connectivity index is 4.15. The Kier molecular flexibility index (Phi) is 8.69. The lowest BCUT2D eigenvalue weighted by atomic mass is 9.84. The van der Waals surface area contributed by atoms with Crippen LogP contribution in [0.15, 0.2) is 0 Å². The van der Waals surface area contributed by atoms with Crippen LogP contribution in [0.3, 0.4) is 0 Å². The molecule has 0 aliphatic carbocycles. The molecule has 6 heteroatoms. The van der Waals surface area contributed by atoms with E-state index in [-0.39, 0.29) is 24.0 Å². The standard InChI is InChI=1S/C14H28N2O3S/c1-10(6-7-20-5)16-13(19)15-9-11(12(17)18)8-14(2,3)4/h10-11H,6-9H2,1-5H3,(H,17,18)(H2,15,16,19). The quantitative estimate of drug-likeness (QED) is 0.644. The van der Waals surface area contributed by atoms with Gasteiger partial charge in [0, 0.05) is 12.6 Å². The first-order valence-electron chi connectivity index (χ1n) is 6.92. The van der Waals surface area contributed by atoms with Gasteiger partial charge in [-0.15, -0.1) is 0 Å². The first-order valence-corrected chi connectivity index (χ1v) is 8.31. The molecule has 2 amide bonds. The van der Waals surface area contributed by atoms with Gasteiger partial charge in [-0.25, -0.2) is 4.79 Å². The molecule has 0 aromatic carbocycles. The number of thioether (sulfide) groups is 1. The topological polar surface area (TPSA) is 78.4 Å². The molecule has 0 spiro atoms. The highest BCUT2D eigenvalue weighted by molar-refractivity contribution is 7.98. The average molecular weight is 304 g/mol. The van der Waals surface area contributed by atoms with E-state index >= 15 is 0 Å². The molecule has 0 saturated carbocycles. The minimum absolute atomic E-state index is 0.0765. The van der Waals surface area contributed by atoms with E-state index < -0.39 is 11.9 Å². The molecule has 0 aromatic heterocycles. The van der Waals surface area contributed by atoms with Crippen molar-refractivity contribution in [2.75, 3.05) is 18.6 Å². The third-order valence-corrected chi connectivity index (χ3v) is 3.49. The monoisotopic (exact) mass is 304 g/mol. The largest absolute Gasteiger partial charge is 0.481 e. The number of aliphatic carboxylic acids is 1. The van der Waals surface area contributed by atoms with Crippen molar-refractivity contribution in [2.45, 2.75) is 46.6 Å². The molecule has 118 valence electrons. The highest BCUT2D eigenvalue weighted by atomic mass is 32.2. The Hall–Kier alpha value is -0.910. The summed E-state index contributed by atoms with van der Waals surface area (Å²) in [6, 6.07) is -0.202. The van der Waals surface area contributed by atoms with Crippen molar-refractivity contribution in [3.05, 3.63) is 0 Å². The number of urea groups is 1. The van der Waals surface area contributed by atoms with E-state index in [2.05, 4.69) is 10.6 Å². The van der Waals surface area contributed by atoms with Crippen molar-refractivity contribution in [2.24, 2.45) is 11.3 Å². The number of amides is 2. The maximum atomic E-state index is 11.7. The van der Waals surface area contributed by atoms with Gasteiger partial charge in [-0.2, -0.15) is 11.8 Å².